The second-order valence-corrected chi connectivity index (χ2v) is 5.73. The minimum atomic E-state index is -7.72. The molecular formula is C14H7F13O2. The SMILES string of the molecule is O=C(O)c1ccc(CC(C(F)(F)F)(C(F)(F)F)C(F)(F)C(F)(F)C(F)(F)F)cc1. The molecule has 0 saturated heterocycles. The molecule has 1 aromatic rings. The van der Waals surface area contributed by atoms with Gasteiger partial charge in [-0.1, -0.05) is 12.1 Å². The highest BCUT2D eigenvalue weighted by molar-refractivity contribution is 5.87. The summed E-state index contributed by atoms with van der Waals surface area (Å²) in [7, 11) is 0. The van der Waals surface area contributed by atoms with E-state index in [1.54, 1.807) is 0 Å². The molecule has 0 saturated carbocycles. The van der Waals surface area contributed by atoms with Gasteiger partial charge < -0.3 is 5.11 Å². The molecule has 0 aliphatic rings. The normalized spacial score (nSPS) is 14.8. The third kappa shape index (κ3) is 3.82. The van der Waals surface area contributed by atoms with Crippen LogP contribution in [0.3, 0.4) is 0 Å². The summed E-state index contributed by atoms with van der Waals surface area (Å²) in [5, 5.41) is 8.59. The van der Waals surface area contributed by atoms with Gasteiger partial charge in [0.15, 0.2) is 0 Å². The number of benzene rings is 1. The Morgan fingerprint density at radius 2 is 1.03 bits per heavy atom. The molecule has 1 N–H and O–H groups in total. The molecule has 0 radical (unpaired) electrons. The van der Waals surface area contributed by atoms with Crippen molar-refractivity contribution in [2.75, 3.05) is 0 Å². The fourth-order valence-corrected chi connectivity index (χ4v) is 2.35. The number of alkyl halides is 13. The Hall–Kier alpha value is -2.22. The molecule has 0 unspecified atom stereocenters. The van der Waals surface area contributed by atoms with Crippen LogP contribution in [0, 0.1) is 5.41 Å². The topological polar surface area (TPSA) is 37.3 Å². The maximum absolute atomic E-state index is 13.9. The fourth-order valence-electron chi connectivity index (χ4n) is 2.35. The first-order valence-electron chi connectivity index (χ1n) is 6.91. The predicted octanol–water partition coefficient (Wildman–Crippen LogP) is 5.87. The predicted molar refractivity (Wildman–Crippen MR) is 67.6 cm³/mol. The standard InChI is InChI=1S/C14H7F13O2/c15-10(16,11(17,18)14(25,26)27)9(12(19,20)21,13(22,23)24)5-6-1-3-7(4-2-6)8(28)29/h1-4H,5H2,(H,28,29). The lowest BCUT2D eigenvalue weighted by molar-refractivity contribution is -0.460. The molecule has 0 heterocycles. The Bertz CT molecular complexity index is 727. The third-order valence-corrected chi connectivity index (χ3v) is 3.92. The number of rotatable bonds is 5. The quantitative estimate of drug-likeness (QED) is 0.566. The molecule has 0 fully saturated rings. The molecule has 0 amide bonds. The van der Waals surface area contributed by atoms with Gasteiger partial charge in [-0.15, -0.1) is 0 Å². The highest BCUT2D eigenvalue weighted by Gasteiger charge is 2.91. The average molecular weight is 454 g/mol. The van der Waals surface area contributed by atoms with E-state index in [2.05, 4.69) is 0 Å². The Morgan fingerprint density at radius 3 is 1.31 bits per heavy atom. The van der Waals surface area contributed by atoms with Gasteiger partial charge in [-0.3, -0.25) is 0 Å². The molecule has 2 nitrogen and oxygen atoms in total. The van der Waals surface area contributed by atoms with Crippen molar-refractivity contribution in [1.29, 1.82) is 0 Å². The van der Waals surface area contributed by atoms with Gasteiger partial charge in [0, 0.05) is 6.42 Å². The Labute approximate surface area is 151 Å². The van der Waals surface area contributed by atoms with Crippen molar-refractivity contribution in [2.24, 2.45) is 5.41 Å². The van der Waals surface area contributed by atoms with Crippen molar-refractivity contribution in [1.82, 2.24) is 0 Å². The van der Waals surface area contributed by atoms with Crippen LogP contribution >= 0.6 is 0 Å². The summed E-state index contributed by atoms with van der Waals surface area (Å²) >= 11 is 0. The fraction of sp³-hybridized carbons (Fsp3) is 0.500. The average Bonchev–Trinajstić information content (AvgIpc) is 2.48. The van der Waals surface area contributed by atoms with Crippen molar-refractivity contribution in [3.63, 3.8) is 0 Å². The van der Waals surface area contributed by atoms with E-state index in [1.807, 2.05) is 0 Å². The van der Waals surface area contributed by atoms with E-state index in [9.17, 15) is 61.9 Å². The summed E-state index contributed by atoms with van der Waals surface area (Å²) < 4.78 is 170. The van der Waals surface area contributed by atoms with Crippen LogP contribution in [0.25, 0.3) is 0 Å². The van der Waals surface area contributed by atoms with E-state index in [1.165, 1.54) is 0 Å². The Morgan fingerprint density at radius 1 is 0.655 bits per heavy atom. The smallest absolute Gasteiger partial charge is 0.459 e. The van der Waals surface area contributed by atoms with E-state index < -0.39 is 59.3 Å². The molecule has 1 aromatic carbocycles. The van der Waals surface area contributed by atoms with Crippen molar-refractivity contribution < 1.29 is 67.0 Å². The highest BCUT2D eigenvalue weighted by atomic mass is 19.4. The molecule has 29 heavy (non-hydrogen) atoms. The van der Waals surface area contributed by atoms with Gasteiger partial charge in [0.05, 0.1) is 5.56 Å². The number of carbonyl (C=O) groups is 1. The molecule has 0 aliphatic carbocycles. The summed E-state index contributed by atoms with van der Waals surface area (Å²) in [6.07, 6.45) is -25.2. The van der Waals surface area contributed by atoms with Crippen LogP contribution in [-0.4, -0.2) is 41.4 Å². The number of carboxylic acids is 1. The Balaban J connectivity index is 3.82. The van der Waals surface area contributed by atoms with Gasteiger partial charge in [-0.05, 0) is 17.7 Å². The molecule has 0 aromatic heterocycles. The highest BCUT2D eigenvalue weighted by Crippen LogP contribution is 2.66. The van der Waals surface area contributed by atoms with Gasteiger partial charge in [-0.25, -0.2) is 4.79 Å². The maximum atomic E-state index is 13.9. The number of hydrogen-bond donors (Lipinski definition) is 1. The van der Waals surface area contributed by atoms with Gasteiger partial charge in [0.2, 0.25) is 5.41 Å². The third-order valence-electron chi connectivity index (χ3n) is 3.92. The maximum Gasteiger partial charge on any atom is 0.459 e. The number of aromatic carboxylic acids is 1. The molecule has 0 spiro atoms. The molecule has 15 heteroatoms. The van der Waals surface area contributed by atoms with Crippen LogP contribution in [-0.2, 0) is 6.42 Å². The molecular weight excluding hydrogens is 447 g/mol. The van der Waals surface area contributed by atoms with E-state index in [0.717, 1.165) is 0 Å². The van der Waals surface area contributed by atoms with Gasteiger partial charge >= 0.3 is 36.3 Å². The van der Waals surface area contributed by atoms with Gasteiger partial charge in [0.25, 0.3) is 0 Å². The summed E-state index contributed by atoms with van der Waals surface area (Å²) in [4.78, 5) is 10.6. The lowest BCUT2D eigenvalue weighted by atomic mass is 9.71. The monoisotopic (exact) mass is 454 g/mol. The summed E-state index contributed by atoms with van der Waals surface area (Å²) in [6, 6.07) is 1.01. The molecule has 0 bridgehead atoms. The van der Waals surface area contributed by atoms with E-state index in [0.29, 0.717) is 12.1 Å². The largest absolute Gasteiger partial charge is 0.478 e. The van der Waals surface area contributed by atoms with Crippen molar-refractivity contribution in [3.05, 3.63) is 35.4 Å². The first-order valence-corrected chi connectivity index (χ1v) is 6.91. The van der Waals surface area contributed by atoms with Crippen LogP contribution in [0.4, 0.5) is 57.1 Å². The van der Waals surface area contributed by atoms with E-state index >= 15 is 0 Å². The van der Waals surface area contributed by atoms with Crippen LogP contribution in [0.5, 0.6) is 0 Å². The summed E-state index contributed by atoms with van der Waals surface area (Å²) in [5.74, 6) is -17.2. The zero-order valence-corrected chi connectivity index (χ0v) is 13.3. The zero-order valence-electron chi connectivity index (χ0n) is 13.3. The summed E-state index contributed by atoms with van der Waals surface area (Å²) in [6.45, 7) is 0. The molecule has 166 valence electrons. The van der Waals surface area contributed by atoms with Crippen LogP contribution in [0.2, 0.25) is 0 Å². The minimum absolute atomic E-state index is 0.150. The van der Waals surface area contributed by atoms with E-state index in [4.69, 9.17) is 5.11 Å². The second kappa shape index (κ2) is 6.93. The lowest BCUT2D eigenvalue weighted by Crippen LogP contribution is -2.71. The van der Waals surface area contributed by atoms with Gasteiger partial charge in [-0.2, -0.15) is 57.1 Å². The Kier molecular flexibility index (Phi) is 5.93. The van der Waals surface area contributed by atoms with Crippen LogP contribution in [0.1, 0.15) is 15.9 Å². The minimum Gasteiger partial charge on any atom is -0.478 e. The molecule has 0 aliphatic heterocycles. The number of halogens is 13. The van der Waals surface area contributed by atoms with Crippen molar-refractivity contribution in [3.8, 4) is 0 Å². The number of hydrogen-bond acceptors (Lipinski definition) is 1. The second-order valence-electron chi connectivity index (χ2n) is 5.73. The lowest BCUT2D eigenvalue weighted by Gasteiger charge is -2.45. The summed E-state index contributed by atoms with van der Waals surface area (Å²) in [5.41, 5.74) is -9.00. The first-order chi connectivity index (χ1) is 12.6. The molecule has 1 rings (SSSR count). The van der Waals surface area contributed by atoms with Crippen LogP contribution in [0.15, 0.2) is 24.3 Å². The van der Waals surface area contributed by atoms with Crippen molar-refractivity contribution >= 4 is 5.97 Å². The van der Waals surface area contributed by atoms with Crippen molar-refractivity contribution in [2.45, 2.75) is 36.8 Å². The van der Waals surface area contributed by atoms with E-state index in [-0.39, 0.29) is 12.1 Å². The number of carboxylic acid groups (broad SMARTS) is 1. The van der Waals surface area contributed by atoms with Gasteiger partial charge in [0.1, 0.15) is 0 Å². The molecule has 0 atom stereocenters. The van der Waals surface area contributed by atoms with Crippen LogP contribution < -0.4 is 0 Å². The zero-order chi connectivity index (χ0) is 23.3. The first kappa shape index (κ1) is 24.8.